The topological polar surface area (TPSA) is 66.4 Å². The molecule has 1 fully saturated rings. The highest BCUT2D eigenvalue weighted by molar-refractivity contribution is 7.86. The van der Waals surface area contributed by atoms with Gasteiger partial charge < -0.3 is 13.5 Å². The highest BCUT2D eigenvalue weighted by Gasteiger charge is 2.59. The van der Waals surface area contributed by atoms with E-state index in [1.165, 1.54) is 30.5 Å². The molecule has 10 heteroatoms. The highest BCUT2D eigenvalue weighted by atomic mass is 32.2. The average Bonchev–Trinajstić information content (AvgIpc) is 3.40. The third kappa shape index (κ3) is 8.81. The van der Waals surface area contributed by atoms with Gasteiger partial charge >= 0.3 is 5.51 Å². The molecule has 2 atom stereocenters. The van der Waals surface area contributed by atoms with Crippen LogP contribution in [-0.4, -0.2) is 50.0 Å². The van der Waals surface area contributed by atoms with Crippen molar-refractivity contribution >= 4 is 18.4 Å². The lowest BCUT2D eigenvalue weighted by atomic mass is 10.1. The van der Waals surface area contributed by atoms with Gasteiger partial charge in [-0.05, 0) is 26.1 Å². The van der Waals surface area contributed by atoms with Gasteiger partial charge in [0.1, 0.15) is 25.7 Å². The summed E-state index contributed by atoms with van der Waals surface area (Å²) in [6.45, 7) is 12.7. The molecule has 0 bridgehead atoms. The Labute approximate surface area is 202 Å². The summed E-state index contributed by atoms with van der Waals surface area (Å²) in [5, 5.41) is 0. The molecule has 5 nitrogen and oxygen atoms in total. The molecule has 0 unspecified atom stereocenters. The molecule has 0 radical (unpaired) electrons. The predicted molar refractivity (Wildman–Crippen MR) is 128 cm³/mol. The van der Waals surface area contributed by atoms with Crippen LogP contribution >= 0.6 is 0 Å². The Balaban J connectivity index is 0.000000440. The van der Waals surface area contributed by atoms with Crippen molar-refractivity contribution in [3.63, 3.8) is 0 Å². The smallest absolute Gasteiger partial charge is 0.485 e. The zero-order chi connectivity index (χ0) is 25.6. The van der Waals surface area contributed by atoms with Crippen molar-refractivity contribution in [1.82, 2.24) is 0 Å². The average molecular weight is 518 g/mol. The van der Waals surface area contributed by atoms with E-state index in [0.29, 0.717) is 12.1 Å². The van der Waals surface area contributed by atoms with Crippen LogP contribution in [-0.2, 0) is 27.6 Å². The molecule has 0 spiro atoms. The van der Waals surface area contributed by atoms with Gasteiger partial charge in [0.25, 0.3) is 0 Å². The van der Waals surface area contributed by atoms with Crippen LogP contribution in [0.1, 0.15) is 30.9 Å². The maximum Gasteiger partial charge on any atom is 0.485 e. The van der Waals surface area contributed by atoms with Crippen LogP contribution in [0.15, 0.2) is 60.7 Å². The van der Waals surface area contributed by atoms with Crippen molar-refractivity contribution in [3.05, 3.63) is 71.8 Å². The third-order valence-electron chi connectivity index (χ3n) is 5.59. The molecule has 2 aromatic rings. The fraction of sp³-hybridized carbons (Fsp3) is 0.500. The van der Waals surface area contributed by atoms with E-state index in [9.17, 15) is 13.2 Å². The van der Waals surface area contributed by atoms with Crippen molar-refractivity contribution in [1.29, 1.82) is 0 Å². The minimum atomic E-state index is -6.09. The molecule has 0 aromatic heterocycles. The molecule has 0 amide bonds. The van der Waals surface area contributed by atoms with Crippen LogP contribution in [0.5, 0.6) is 0 Å². The summed E-state index contributed by atoms with van der Waals surface area (Å²) in [6, 6.07) is 22.6. The summed E-state index contributed by atoms with van der Waals surface area (Å²) < 4.78 is 66.7. The van der Waals surface area contributed by atoms with Gasteiger partial charge in [0.05, 0.1) is 0 Å². The van der Waals surface area contributed by atoms with Gasteiger partial charge in [-0.3, -0.25) is 0 Å². The maximum absolute atomic E-state index is 10.7. The van der Waals surface area contributed by atoms with Gasteiger partial charge in [-0.1, -0.05) is 74.0 Å². The minimum absolute atomic E-state index is 0.402. The molecule has 34 heavy (non-hydrogen) atoms. The highest BCUT2D eigenvalue weighted by Crippen LogP contribution is 2.41. The van der Waals surface area contributed by atoms with Crippen LogP contribution in [0.3, 0.4) is 0 Å². The number of benzene rings is 2. The summed E-state index contributed by atoms with van der Waals surface area (Å²) in [5.74, 6) is 0. The van der Waals surface area contributed by atoms with Gasteiger partial charge in [0.2, 0.25) is 0 Å². The van der Waals surface area contributed by atoms with Crippen LogP contribution in [0.4, 0.5) is 13.2 Å². The van der Waals surface area contributed by atoms with Crippen LogP contribution in [0.2, 0.25) is 19.6 Å². The summed E-state index contributed by atoms with van der Waals surface area (Å²) in [7, 11) is -7.63. The largest absolute Gasteiger partial charge is 0.741 e. The fourth-order valence-electron chi connectivity index (χ4n) is 4.18. The first-order valence-electron chi connectivity index (χ1n) is 11.3. The molecule has 2 aromatic carbocycles. The van der Waals surface area contributed by atoms with Gasteiger partial charge in [-0.15, -0.1) is 0 Å². The van der Waals surface area contributed by atoms with E-state index in [-0.39, 0.29) is 0 Å². The van der Waals surface area contributed by atoms with E-state index < -0.39 is 23.9 Å². The minimum Gasteiger partial charge on any atom is -0.741 e. The van der Waals surface area contributed by atoms with Crippen LogP contribution < -0.4 is 0 Å². The quantitative estimate of drug-likeness (QED) is 0.142. The monoisotopic (exact) mass is 517 g/mol. The Morgan fingerprint density at radius 3 is 1.74 bits per heavy atom. The third-order valence-corrected chi connectivity index (χ3v) is 7.17. The molecule has 0 saturated carbocycles. The number of alkyl halides is 3. The zero-order valence-electron chi connectivity index (χ0n) is 20.1. The van der Waals surface area contributed by atoms with Gasteiger partial charge in [-0.25, -0.2) is 8.42 Å². The Morgan fingerprint density at radius 1 is 1.00 bits per heavy atom. The molecule has 190 valence electrons. The van der Waals surface area contributed by atoms with E-state index in [4.69, 9.17) is 17.4 Å². The maximum atomic E-state index is 10.7. The summed E-state index contributed by atoms with van der Waals surface area (Å²) in [6.07, 6.45) is 2.78. The van der Waals surface area contributed by atoms with Gasteiger partial charge in [0.15, 0.2) is 24.5 Å². The van der Waals surface area contributed by atoms with Crippen molar-refractivity contribution in [2.24, 2.45) is 0 Å². The number of quaternary nitrogens is 1. The summed E-state index contributed by atoms with van der Waals surface area (Å²) in [5.41, 5.74) is -2.77. The molecule has 1 saturated heterocycles. The van der Waals surface area contributed by atoms with Crippen LogP contribution in [0.25, 0.3) is 0 Å². The molecule has 0 N–H and O–H groups in total. The molecular formula is C24H34F3NO4SSi. The number of hydrogen-bond donors (Lipinski definition) is 0. The van der Waals surface area contributed by atoms with Crippen LogP contribution in [0, 0.1) is 0 Å². The molecule has 1 aliphatic rings. The lowest BCUT2D eigenvalue weighted by molar-refractivity contribution is -0.844. The van der Waals surface area contributed by atoms with E-state index >= 15 is 0 Å². The lowest BCUT2D eigenvalue weighted by Crippen LogP contribution is -2.40. The van der Waals surface area contributed by atoms with Gasteiger partial charge in [-0.2, -0.15) is 13.2 Å². The second kappa shape index (κ2) is 11.3. The van der Waals surface area contributed by atoms with E-state index in [1.54, 1.807) is 0 Å². The predicted octanol–water partition coefficient (Wildman–Crippen LogP) is 5.66. The zero-order valence-corrected chi connectivity index (χ0v) is 21.9. The SMILES string of the molecule is CCC[C@H](O[Si](C)(C)C)[C@H]1C[N+]1(Cc1ccccc1)Cc1ccccc1.O=S(=O)([O-])C(F)(F)F. The number of halogens is 3. The Morgan fingerprint density at radius 2 is 1.41 bits per heavy atom. The van der Waals surface area contributed by atoms with Crippen molar-refractivity contribution in [2.75, 3.05) is 6.54 Å². The number of nitrogens with zero attached hydrogens (tertiary/aromatic N) is 1. The van der Waals surface area contributed by atoms with E-state index in [0.717, 1.165) is 17.6 Å². The standard InChI is InChI=1S/C23H34NOSi.CHF3O3S/c1-5-12-23(25-26(2,3)4)22-19-24(22,17-20-13-8-6-9-14-20)18-21-15-10-7-11-16-21;2-1(3,4)8(5,6)7/h6-11,13-16,22-23H,5,12,17-19H2,1-4H3;(H,5,6,7)/q+1;/p-1/t22-,23+;/m1./s1. The fourth-order valence-corrected chi connectivity index (χ4v) is 5.36. The van der Waals surface area contributed by atoms with Crippen molar-refractivity contribution < 1.29 is 35.1 Å². The number of rotatable bonds is 9. The lowest BCUT2D eigenvalue weighted by Gasteiger charge is -2.29. The molecular weight excluding hydrogens is 483 g/mol. The number of hydrogen-bond acceptors (Lipinski definition) is 4. The second-order valence-electron chi connectivity index (χ2n) is 9.71. The first-order valence-corrected chi connectivity index (χ1v) is 16.1. The van der Waals surface area contributed by atoms with E-state index in [1.807, 2.05) is 0 Å². The first kappa shape index (κ1) is 28.5. The molecule has 1 heterocycles. The second-order valence-corrected chi connectivity index (χ2v) is 15.5. The van der Waals surface area contributed by atoms with Gasteiger partial charge in [0, 0.05) is 11.1 Å². The first-order chi connectivity index (χ1) is 15.7. The Bertz CT molecular complexity index is 955. The van der Waals surface area contributed by atoms with Crippen molar-refractivity contribution in [2.45, 2.75) is 70.2 Å². The normalized spacial score (nSPS) is 18.5. The summed E-state index contributed by atoms with van der Waals surface area (Å²) in [4.78, 5) is 0. The molecule has 0 aliphatic carbocycles. The van der Waals surface area contributed by atoms with E-state index in [2.05, 4.69) is 87.2 Å². The Kier molecular flexibility index (Phi) is 9.51. The Hall–Kier alpha value is -1.72. The molecule has 3 rings (SSSR count). The van der Waals surface area contributed by atoms with Crippen molar-refractivity contribution in [3.8, 4) is 0 Å². The molecule has 1 aliphatic heterocycles. The summed E-state index contributed by atoms with van der Waals surface area (Å²) >= 11 is 0.